The molecule has 0 saturated heterocycles. The Balaban J connectivity index is 1.84. The predicted octanol–water partition coefficient (Wildman–Crippen LogP) is 3.53. The first-order valence-corrected chi connectivity index (χ1v) is 7.10. The van der Waals surface area contributed by atoms with Crippen LogP contribution >= 0.6 is 0 Å². The molecule has 0 aliphatic rings. The monoisotopic (exact) mass is 297 g/mol. The Morgan fingerprint density at radius 2 is 1.45 bits per heavy atom. The molecule has 0 heterocycles. The standard InChI is InChI=1S/C17H19N3O2/c1-13(21)11-12-18-17(22)20-16-9-7-15(8-10-16)19-14-5-3-2-4-6-14/h2-10,19H,11-12H2,1H3,(H2,18,20,22). The number of ketones is 1. The molecule has 0 aromatic heterocycles. The lowest BCUT2D eigenvalue weighted by molar-refractivity contribution is -0.116. The van der Waals surface area contributed by atoms with Gasteiger partial charge in [0.1, 0.15) is 5.78 Å². The van der Waals surface area contributed by atoms with Crippen LogP contribution in [0.5, 0.6) is 0 Å². The van der Waals surface area contributed by atoms with Crippen LogP contribution in [0, 0.1) is 0 Å². The summed E-state index contributed by atoms with van der Waals surface area (Å²) in [6, 6.07) is 16.9. The number of urea groups is 1. The fourth-order valence-electron chi connectivity index (χ4n) is 1.85. The fourth-order valence-corrected chi connectivity index (χ4v) is 1.85. The average molecular weight is 297 g/mol. The highest BCUT2D eigenvalue weighted by atomic mass is 16.2. The number of Topliss-reactive ketones (excluding diaryl/α,β-unsaturated/α-hetero) is 1. The van der Waals surface area contributed by atoms with Gasteiger partial charge in [0.2, 0.25) is 0 Å². The van der Waals surface area contributed by atoms with E-state index in [0.717, 1.165) is 11.4 Å². The lowest BCUT2D eigenvalue weighted by Gasteiger charge is -2.09. The maximum Gasteiger partial charge on any atom is 0.319 e. The van der Waals surface area contributed by atoms with Crippen molar-refractivity contribution in [2.75, 3.05) is 17.2 Å². The van der Waals surface area contributed by atoms with Crippen LogP contribution < -0.4 is 16.0 Å². The van der Waals surface area contributed by atoms with E-state index in [1.807, 2.05) is 54.6 Å². The molecule has 2 rings (SSSR count). The molecule has 5 heteroatoms. The van der Waals surface area contributed by atoms with E-state index in [4.69, 9.17) is 0 Å². The summed E-state index contributed by atoms with van der Waals surface area (Å²) < 4.78 is 0. The van der Waals surface area contributed by atoms with Crippen LogP contribution in [0.1, 0.15) is 13.3 Å². The molecule has 0 saturated carbocycles. The van der Waals surface area contributed by atoms with Crippen molar-refractivity contribution in [1.82, 2.24) is 5.32 Å². The first-order valence-electron chi connectivity index (χ1n) is 7.10. The van der Waals surface area contributed by atoms with E-state index in [2.05, 4.69) is 16.0 Å². The van der Waals surface area contributed by atoms with Gasteiger partial charge >= 0.3 is 6.03 Å². The van der Waals surface area contributed by atoms with E-state index in [0.29, 0.717) is 18.7 Å². The molecule has 0 aliphatic carbocycles. The van der Waals surface area contributed by atoms with Crippen LogP contribution in [0.15, 0.2) is 54.6 Å². The minimum absolute atomic E-state index is 0.0524. The van der Waals surface area contributed by atoms with Crippen LogP contribution in [0.3, 0.4) is 0 Å². The van der Waals surface area contributed by atoms with E-state index in [-0.39, 0.29) is 11.8 Å². The van der Waals surface area contributed by atoms with Crippen molar-refractivity contribution < 1.29 is 9.59 Å². The minimum Gasteiger partial charge on any atom is -0.356 e. The molecular weight excluding hydrogens is 278 g/mol. The van der Waals surface area contributed by atoms with Gasteiger partial charge in [-0.3, -0.25) is 4.79 Å². The lowest BCUT2D eigenvalue weighted by atomic mass is 10.2. The van der Waals surface area contributed by atoms with Gasteiger partial charge in [0.05, 0.1) is 0 Å². The third-order valence-corrected chi connectivity index (χ3v) is 2.97. The van der Waals surface area contributed by atoms with Gasteiger partial charge in [0, 0.05) is 30.0 Å². The number of rotatable bonds is 6. The van der Waals surface area contributed by atoms with Crippen molar-refractivity contribution in [1.29, 1.82) is 0 Å². The average Bonchev–Trinajstić information content (AvgIpc) is 2.50. The van der Waals surface area contributed by atoms with E-state index < -0.39 is 0 Å². The zero-order chi connectivity index (χ0) is 15.8. The van der Waals surface area contributed by atoms with Gasteiger partial charge < -0.3 is 16.0 Å². The van der Waals surface area contributed by atoms with Crippen molar-refractivity contribution in [3.8, 4) is 0 Å². The number of nitrogens with one attached hydrogen (secondary N) is 3. The van der Waals surface area contributed by atoms with Gasteiger partial charge in [0.15, 0.2) is 0 Å². The van der Waals surface area contributed by atoms with Gasteiger partial charge in [-0.15, -0.1) is 0 Å². The zero-order valence-corrected chi connectivity index (χ0v) is 12.4. The van der Waals surface area contributed by atoms with Crippen molar-refractivity contribution in [3.63, 3.8) is 0 Å². The van der Waals surface area contributed by atoms with Crippen LogP contribution in [0.25, 0.3) is 0 Å². The lowest BCUT2D eigenvalue weighted by Crippen LogP contribution is -2.30. The second-order valence-electron chi connectivity index (χ2n) is 4.90. The highest BCUT2D eigenvalue weighted by Gasteiger charge is 2.02. The van der Waals surface area contributed by atoms with E-state index >= 15 is 0 Å². The summed E-state index contributed by atoms with van der Waals surface area (Å²) in [6.07, 6.45) is 0.341. The van der Waals surface area contributed by atoms with E-state index in [9.17, 15) is 9.59 Å². The normalized spacial score (nSPS) is 9.86. The summed E-state index contributed by atoms with van der Waals surface area (Å²) in [5.74, 6) is 0.0524. The number of para-hydroxylation sites is 1. The van der Waals surface area contributed by atoms with Crippen molar-refractivity contribution in [2.45, 2.75) is 13.3 Å². The first kappa shape index (κ1) is 15.6. The Morgan fingerprint density at radius 3 is 2.09 bits per heavy atom. The summed E-state index contributed by atoms with van der Waals surface area (Å²) >= 11 is 0. The molecule has 2 aromatic carbocycles. The number of hydrogen-bond donors (Lipinski definition) is 3. The number of benzene rings is 2. The molecule has 2 amide bonds. The van der Waals surface area contributed by atoms with Crippen LogP contribution in [-0.2, 0) is 4.79 Å². The predicted molar refractivity (Wildman–Crippen MR) is 88.5 cm³/mol. The number of carbonyl (C=O) groups excluding carboxylic acids is 2. The maximum absolute atomic E-state index is 11.6. The van der Waals surface area contributed by atoms with Crippen molar-refractivity contribution in [3.05, 3.63) is 54.6 Å². The van der Waals surface area contributed by atoms with Gasteiger partial charge in [-0.05, 0) is 43.3 Å². The molecule has 2 aromatic rings. The molecular formula is C17H19N3O2. The van der Waals surface area contributed by atoms with Crippen molar-refractivity contribution in [2.24, 2.45) is 0 Å². The third-order valence-electron chi connectivity index (χ3n) is 2.97. The van der Waals surface area contributed by atoms with E-state index in [1.54, 1.807) is 0 Å². The highest BCUT2D eigenvalue weighted by molar-refractivity contribution is 5.89. The van der Waals surface area contributed by atoms with Gasteiger partial charge in [-0.25, -0.2) is 4.79 Å². The summed E-state index contributed by atoms with van der Waals surface area (Å²) in [5, 5.41) is 8.61. The number of hydrogen-bond acceptors (Lipinski definition) is 3. The summed E-state index contributed by atoms with van der Waals surface area (Å²) in [5.41, 5.74) is 2.64. The quantitative estimate of drug-likeness (QED) is 0.764. The molecule has 5 nitrogen and oxygen atoms in total. The second-order valence-corrected chi connectivity index (χ2v) is 4.90. The first-order chi connectivity index (χ1) is 10.6. The topological polar surface area (TPSA) is 70.2 Å². The van der Waals surface area contributed by atoms with Crippen LogP contribution in [0.4, 0.5) is 21.9 Å². The largest absolute Gasteiger partial charge is 0.356 e. The minimum atomic E-state index is -0.315. The van der Waals surface area contributed by atoms with E-state index in [1.165, 1.54) is 6.92 Å². The molecule has 0 fully saturated rings. The summed E-state index contributed by atoms with van der Waals surface area (Å²) in [4.78, 5) is 22.4. The fraction of sp³-hybridized carbons (Fsp3) is 0.176. The van der Waals surface area contributed by atoms with Gasteiger partial charge in [-0.1, -0.05) is 18.2 Å². The van der Waals surface area contributed by atoms with Gasteiger partial charge in [0.25, 0.3) is 0 Å². The Kier molecular flexibility index (Phi) is 5.54. The number of amides is 2. The SMILES string of the molecule is CC(=O)CCNC(=O)Nc1ccc(Nc2ccccc2)cc1. The molecule has 0 bridgehead atoms. The molecule has 22 heavy (non-hydrogen) atoms. The smallest absolute Gasteiger partial charge is 0.319 e. The van der Waals surface area contributed by atoms with Crippen LogP contribution in [-0.4, -0.2) is 18.4 Å². The molecule has 3 N–H and O–H groups in total. The molecule has 0 spiro atoms. The summed E-state index contributed by atoms with van der Waals surface area (Å²) in [7, 11) is 0. The highest BCUT2D eigenvalue weighted by Crippen LogP contribution is 2.18. The Bertz CT molecular complexity index is 624. The Morgan fingerprint density at radius 1 is 0.864 bits per heavy atom. The zero-order valence-electron chi connectivity index (χ0n) is 12.4. The molecule has 114 valence electrons. The molecule has 0 radical (unpaired) electrons. The second kappa shape index (κ2) is 7.83. The Labute approximate surface area is 129 Å². The maximum atomic E-state index is 11.6. The molecule has 0 aliphatic heterocycles. The molecule has 0 atom stereocenters. The van der Waals surface area contributed by atoms with Gasteiger partial charge in [-0.2, -0.15) is 0 Å². The Hall–Kier alpha value is -2.82. The van der Waals surface area contributed by atoms with Crippen molar-refractivity contribution >= 4 is 28.9 Å². The molecule has 0 unspecified atom stereocenters. The number of anilines is 3. The third kappa shape index (κ3) is 5.28. The van der Waals surface area contributed by atoms with Crippen LogP contribution in [0.2, 0.25) is 0 Å². The number of carbonyl (C=O) groups is 2. The summed E-state index contributed by atoms with van der Waals surface area (Å²) in [6.45, 7) is 1.84.